The summed E-state index contributed by atoms with van der Waals surface area (Å²) in [6.45, 7) is 0.760. The van der Waals surface area contributed by atoms with Gasteiger partial charge in [-0.25, -0.2) is 9.59 Å². The predicted octanol–water partition coefficient (Wildman–Crippen LogP) is 1.35. The lowest BCUT2D eigenvalue weighted by atomic mass is 9.98. The van der Waals surface area contributed by atoms with Crippen molar-refractivity contribution in [3.8, 4) is 40.2 Å². The zero-order chi connectivity index (χ0) is 33.0. The van der Waals surface area contributed by atoms with E-state index in [-0.39, 0.29) is 17.1 Å². The van der Waals surface area contributed by atoms with Crippen molar-refractivity contribution in [2.75, 3.05) is 6.61 Å². The van der Waals surface area contributed by atoms with Crippen molar-refractivity contribution >= 4 is 17.7 Å². The Kier molecular flexibility index (Phi) is 9.86. The second-order valence-corrected chi connectivity index (χ2v) is 10.2. The van der Waals surface area contributed by atoms with Crippen molar-refractivity contribution in [2.24, 2.45) is 0 Å². The number of hydrogen-bond donors (Lipinski definition) is 8. The third-order valence-corrected chi connectivity index (χ3v) is 6.82. The standard InChI is InChI=1S/C30H30O15/c1-13(31)2-3-14-4-6-17(7-5-14)43-30-27(45-29(41)16-10-20(34)24(37)21(35)11-16)26(39)25(38)22(44-30)12-42-28(40)15-8-18(32)23(36)19(33)9-15/h4-11,22,25-27,30,32-39H,2-3,12H2,1H3. The van der Waals surface area contributed by atoms with E-state index in [1.807, 2.05) is 0 Å². The molecule has 0 radical (unpaired) electrons. The van der Waals surface area contributed by atoms with Gasteiger partial charge in [-0.05, 0) is 55.3 Å². The van der Waals surface area contributed by atoms with Gasteiger partial charge < -0.3 is 64.6 Å². The Morgan fingerprint density at radius 2 is 1.27 bits per heavy atom. The molecule has 5 atom stereocenters. The van der Waals surface area contributed by atoms with Gasteiger partial charge in [0.1, 0.15) is 36.5 Å². The summed E-state index contributed by atoms with van der Waals surface area (Å²) in [6, 6.07) is 9.60. The van der Waals surface area contributed by atoms with E-state index in [2.05, 4.69) is 0 Å². The molecular formula is C30H30O15. The number of aromatic hydroxyl groups is 6. The number of aryl methyl sites for hydroxylation is 1. The van der Waals surface area contributed by atoms with E-state index in [9.17, 15) is 55.2 Å². The molecule has 1 aliphatic heterocycles. The first-order chi connectivity index (χ1) is 21.2. The molecule has 45 heavy (non-hydrogen) atoms. The van der Waals surface area contributed by atoms with Crippen LogP contribution >= 0.6 is 0 Å². The number of rotatable bonds is 10. The van der Waals surface area contributed by atoms with E-state index >= 15 is 0 Å². The van der Waals surface area contributed by atoms with E-state index in [1.165, 1.54) is 19.1 Å². The molecule has 8 N–H and O–H groups in total. The Labute approximate surface area is 254 Å². The largest absolute Gasteiger partial charge is 0.504 e. The van der Waals surface area contributed by atoms with Crippen molar-refractivity contribution in [1.82, 2.24) is 0 Å². The average Bonchev–Trinajstić information content (AvgIpc) is 3.00. The van der Waals surface area contributed by atoms with Gasteiger partial charge in [0.25, 0.3) is 0 Å². The maximum absolute atomic E-state index is 12.9. The minimum atomic E-state index is -1.91. The predicted molar refractivity (Wildman–Crippen MR) is 149 cm³/mol. The van der Waals surface area contributed by atoms with Crippen LogP contribution < -0.4 is 4.74 Å². The van der Waals surface area contributed by atoms with Crippen LogP contribution in [0.5, 0.6) is 40.2 Å². The number of ether oxygens (including phenoxy) is 4. The van der Waals surface area contributed by atoms with Gasteiger partial charge in [-0.15, -0.1) is 0 Å². The summed E-state index contributed by atoms with van der Waals surface area (Å²) < 4.78 is 22.0. The molecule has 15 heteroatoms. The number of phenols is 6. The number of esters is 2. The molecule has 15 nitrogen and oxygen atoms in total. The van der Waals surface area contributed by atoms with Crippen LogP contribution in [0, 0.1) is 0 Å². The van der Waals surface area contributed by atoms with Crippen molar-refractivity contribution in [3.63, 3.8) is 0 Å². The smallest absolute Gasteiger partial charge is 0.339 e. The SMILES string of the molecule is CC(=O)CCc1ccc(OC2OC(COC(=O)c3cc(O)c(O)c(O)c3)C(O)C(O)C2OC(=O)c2cc(O)c(O)c(O)c2)cc1. The highest BCUT2D eigenvalue weighted by molar-refractivity contribution is 5.91. The second kappa shape index (κ2) is 13.6. The Hall–Kier alpha value is -5.25. The van der Waals surface area contributed by atoms with E-state index in [4.69, 9.17) is 18.9 Å². The fourth-order valence-corrected chi connectivity index (χ4v) is 4.33. The van der Waals surface area contributed by atoms with Gasteiger partial charge in [0.05, 0.1) is 11.1 Å². The Morgan fingerprint density at radius 1 is 0.756 bits per heavy atom. The van der Waals surface area contributed by atoms with Crippen LogP contribution in [-0.4, -0.2) is 95.9 Å². The number of aliphatic hydroxyl groups is 2. The molecule has 3 aromatic carbocycles. The number of ketones is 1. The number of phenolic OH excluding ortho intramolecular Hbond substituents is 6. The molecule has 0 bridgehead atoms. The van der Waals surface area contributed by atoms with Gasteiger partial charge in [0.15, 0.2) is 40.6 Å². The summed E-state index contributed by atoms with van der Waals surface area (Å²) in [7, 11) is 0. The number of benzene rings is 3. The quantitative estimate of drug-likeness (QED) is 0.116. The van der Waals surface area contributed by atoms with E-state index < -0.39 is 89.3 Å². The molecule has 5 unspecified atom stereocenters. The van der Waals surface area contributed by atoms with Crippen LogP contribution in [0.25, 0.3) is 0 Å². The molecule has 1 saturated heterocycles. The second-order valence-electron chi connectivity index (χ2n) is 10.2. The Bertz CT molecular complexity index is 1520. The molecule has 240 valence electrons. The normalized spacial score (nSPS) is 21.1. The molecule has 1 heterocycles. The van der Waals surface area contributed by atoms with E-state index in [0.717, 1.165) is 29.8 Å². The molecule has 0 amide bonds. The van der Waals surface area contributed by atoms with Gasteiger partial charge in [-0.1, -0.05) is 12.1 Å². The third kappa shape index (κ3) is 7.64. The molecule has 1 fully saturated rings. The lowest BCUT2D eigenvalue weighted by Gasteiger charge is -2.41. The first-order valence-electron chi connectivity index (χ1n) is 13.4. The number of Topliss-reactive ketones (excluding diaryl/α,β-unsaturated/α-hetero) is 1. The number of hydrogen-bond acceptors (Lipinski definition) is 15. The number of carbonyl (C=O) groups is 3. The highest BCUT2D eigenvalue weighted by Gasteiger charge is 2.49. The molecule has 0 aliphatic carbocycles. The van der Waals surface area contributed by atoms with Gasteiger partial charge in [0, 0.05) is 6.42 Å². The highest BCUT2D eigenvalue weighted by atomic mass is 16.7. The fraction of sp³-hybridized carbons (Fsp3) is 0.300. The van der Waals surface area contributed by atoms with E-state index in [1.54, 1.807) is 12.1 Å². The summed E-state index contributed by atoms with van der Waals surface area (Å²) in [5.74, 6) is -7.17. The minimum Gasteiger partial charge on any atom is -0.504 e. The highest BCUT2D eigenvalue weighted by Crippen LogP contribution is 2.37. The molecule has 0 spiro atoms. The fourth-order valence-electron chi connectivity index (χ4n) is 4.33. The third-order valence-electron chi connectivity index (χ3n) is 6.82. The molecule has 4 rings (SSSR count). The van der Waals surface area contributed by atoms with Crippen LogP contribution in [0.15, 0.2) is 48.5 Å². The number of aliphatic hydroxyl groups excluding tert-OH is 2. The van der Waals surface area contributed by atoms with Crippen molar-refractivity contribution < 1.29 is 74.2 Å². The van der Waals surface area contributed by atoms with Crippen LogP contribution in [0.4, 0.5) is 0 Å². The molecule has 1 aliphatic rings. The van der Waals surface area contributed by atoms with Crippen LogP contribution in [-0.2, 0) is 25.4 Å². The zero-order valence-corrected chi connectivity index (χ0v) is 23.6. The summed E-state index contributed by atoms with van der Waals surface area (Å²) in [5.41, 5.74) is 0.0108. The Balaban J connectivity index is 1.55. The van der Waals surface area contributed by atoms with Crippen LogP contribution in [0.3, 0.4) is 0 Å². The monoisotopic (exact) mass is 630 g/mol. The van der Waals surface area contributed by atoms with Crippen LogP contribution in [0.1, 0.15) is 39.6 Å². The topological polar surface area (TPSA) is 250 Å². The maximum Gasteiger partial charge on any atom is 0.339 e. The molecule has 3 aromatic rings. The summed E-state index contributed by atoms with van der Waals surface area (Å²) in [6.07, 6.45) is -7.81. The van der Waals surface area contributed by atoms with Crippen molar-refractivity contribution in [2.45, 2.75) is 50.5 Å². The van der Waals surface area contributed by atoms with Crippen molar-refractivity contribution in [3.05, 3.63) is 65.2 Å². The van der Waals surface area contributed by atoms with Crippen molar-refractivity contribution in [1.29, 1.82) is 0 Å². The van der Waals surface area contributed by atoms with E-state index in [0.29, 0.717) is 12.8 Å². The van der Waals surface area contributed by atoms with Gasteiger partial charge >= 0.3 is 11.9 Å². The number of carbonyl (C=O) groups excluding carboxylic acids is 3. The lowest BCUT2D eigenvalue weighted by molar-refractivity contribution is -0.276. The molecular weight excluding hydrogens is 600 g/mol. The zero-order valence-electron chi connectivity index (χ0n) is 23.6. The minimum absolute atomic E-state index is 0.00385. The van der Waals surface area contributed by atoms with Gasteiger partial charge in [-0.3, -0.25) is 0 Å². The summed E-state index contributed by atoms with van der Waals surface area (Å²) in [5, 5.41) is 79.7. The maximum atomic E-state index is 12.9. The van der Waals surface area contributed by atoms with Gasteiger partial charge in [0.2, 0.25) is 6.29 Å². The lowest BCUT2D eigenvalue weighted by Crippen LogP contribution is -2.61. The first-order valence-corrected chi connectivity index (χ1v) is 13.4. The first kappa shape index (κ1) is 32.7. The molecule has 0 saturated carbocycles. The summed E-state index contributed by atoms with van der Waals surface area (Å²) >= 11 is 0. The Morgan fingerprint density at radius 3 is 1.78 bits per heavy atom. The average molecular weight is 631 g/mol. The van der Waals surface area contributed by atoms with Gasteiger partial charge in [-0.2, -0.15) is 0 Å². The molecule has 0 aromatic heterocycles. The van der Waals surface area contributed by atoms with Crippen LogP contribution in [0.2, 0.25) is 0 Å². The summed E-state index contributed by atoms with van der Waals surface area (Å²) in [4.78, 5) is 36.7.